The van der Waals surface area contributed by atoms with Crippen LogP contribution in [0.2, 0.25) is 0 Å². The number of nitrogens with zero attached hydrogens (tertiary/aromatic N) is 1. The summed E-state index contributed by atoms with van der Waals surface area (Å²) in [7, 11) is 0. The summed E-state index contributed by atoms with van der Waals surface area (Å²) < 4.78 is 41.2. The smallest absolute Gasteiger partial charge is 0.406 e. The largest absolute Gasteiger partial charge is 0.573 e. The van der Waals surface area contributed by atoms with E-state index in [1.165, 1.54) is 29.0 Å². The number of carbonyl (C=O) groups is 1. The average Bonchev–Trinajstić information content (AvgIpc) is 2.54. The van der Waals surface area contributed by atoms with Gasteiger partial charge in [-0.2, -0.15) is 0 Å². The summed E-state index contributed by atoms with van der Waals surface area (Å²) in [6.07, 6.45) is -4.30. The molecule has 0 aliphatic heterocycles. The molecule has 1 heterocycles. The minimum atomic E-state index is -4.80. The predicted molar refractivity (Wildman–Crippen MR) is 82.2 cm³/mol. The number of aliphatic hydroxyl groups is 1. The van der Waals surface area contributed by atoms with Crippen LogP contribution in [0.1, 0.15) is 10.4 Å². The van der Waals surface area contributed by atoms with Gasteiger partial charge in [0, 0.05) is 24.4 Å². The van der Waals surface area contributed by atoms with Crippen molar-refractivity contribution in [2.45, 2.75) is 19.0 Å². The standard InChI is InChI=1S/C16H15F3N2O4/c17-16(18,19)25-13-6-4-11(5-7-13)15(24)20-9-12(22)10-21-8-2-1-3-14(21)23/h1-8,12,22H,9-10H2,(H,20,24)/t12-/m0/s1. The molecular weight excluding hydrogens is 341 g/mol. The Morgan fingerprint density at radius 1 is 1.20 bits per heavy atom. The molecule has 134 valence electrons. The fourth-order valence-corrected chi connectivity index (χ4v) is 2.02. The number of aromatic nitrogens is 1. The predicted octanol–water partition coefficient (Wildman–Crippen LogP) is 1.54. The first kappa shape index (κ1) is 18.5. The maximum absolute atomic E-state index is 12.1. The van der Waals surface area contributed by atoms with Crippen LogP contribution in [0.15, 0.2) is 53.5 Å². The molecule has 1 aromatic heterocycles. The number of halogens is 3. The zero-order chi connectivity index (χ0) is 18.4. The van der Waals surface area contributed by atoms with Crippen LogP contribution in [0.3, 0.4) is 0 Å². The molecule has 0 spiro atoms. The van der Waals surface area contributed by atoms with Gasteiger partial charge in [0.25, 0.3) is 11.5 Å². The van der Waals surface area contributed by atoms with Crippen molar-refractivity contribution >= 4 is 5.91 Å². The zero-order valence-electron chi connectivity index (χ0n) is 12.9. The highest BCUT2D eigenvalue weighted by Gasteiger charge is 2.31. The van der Waals surface area contributed by atoms with E-state index < -0.39 is 24.1 Å². The average molecular weight is 356 g/mol. The second-order valence-electron chi connectivity index (χ2n) is 5.13. The fourth-order valence-electron chi connectivity index (χ4n) is 2.02. The summed E-state index contributed by atoms with van der Waals surface area (Å²) >= 11 is 0. The Kier molecular flexibility index (Phi) is 5.81. The van der Waals surface area contributed by atoms with Gasteiger partial charge in [-0.1, -0.05) is 6.07 Å². The first-order chi connectivity index (χ1) is 11.7. The van der Waals surface area contributed by atoms with Crippen molar-refractivity contribution in [3.63, 3.8) is 0 Å². The van der Waals surface area contributed by atoms with Crippen LogP contribution in [0.25, 0.3) is 0 Å². The topological polar surface area (TPSA) is 80.6 Å². The summed E-state index contributed by atoms with van der Waals surface area (Å²) in [6, 6.07) is 8.92. The third-order valence-electron chi connectivity index (χ3n) is 3.15. The number of aliphatic hydroxyl groups excluding tert-OH is 1. The summed E-state index contributed by atoms with van der Waals surface area (Å²) in [5, 5.41) is 12.3. The maximum Gasteiger partial charge on any atom is 0.573 e. The SMILES string of the molecule is O=C(NC[C@H](O)Cn1ccccc1=O)c1ccc(OC(F)(F)F)cc1. The molecule has 2 aromatic rings. The van der Waals surface area contributed by atoms with Gasteiger partial charge in [-0.3, -0.25) is 9.59 Å². The van der Waals surface area contributed by atoms with Crippen molar-refractivity contribution in [3.8, 4) is 5.75 Å². The third-order valence-corrected chi connectivity index (χ3v) is 3.15. The molecule has 9 heteroatoms. The molecule has 25 heavy (non-hydrogen) atoms. The van der Waals surface area contributed by atoms with Crippen LogP contribution < -0.4 is 15.6 Å². The number of amides is 1. The lowest BCUT2D eigenvalue weighted by Gasteiger charge is -2.14. The van der Waals surface area contributed by atoms with Crippen LogP contribution >= 0.6 is 0 Å². The molecule has 1 aromatic carbocycles. The Hall–Kier alpha value is -2.81. The molecule has 0 aliphatic carbocycles. The number of hydrogen-bond acceptors (Lipinski definition) is 4. The minimum Gasteiger partial charge on any atom is -0.406 e. The Morgan fingerprint density at radius 3 is 2.48 bits per heavy atom. The highest BCUT2D eigenvalue weighted by molar-refractivity contribution is 5.94. The molecule has 0 bridgehead atoms. The molecule has 0 unspecified atom stereocenters. The van der Waals surface area contributed by atoms with Crippen LogP contribution in [-0.4, -0.2) is 34.6 Å². The second-order valence-corrected chi connectivity index (χ2v) is 5.13. The monoisotopic (exact) mass is 356 g/mol. The molecule has 1 amide bonds. The number of nitrogens with one attached hydrogen (secondary N) is 1. The summed E-state index contributed by atoms with van der Waals surface area (Å²) in [6.45, 7) is -0.126. The van der Waals surface area contributed by atoms with Crippen molar-refractivity contribution in [2.75, 3.05) is 6.54 Å². The van der Waals surface area contributed by atoms with Gasteiger partial charge in [-0.15, -0.1) is 13.2 Å². The Labute approximate surface area is 140 Å². The normalized spacial score (nSPS) is 12.5. The van der Waals surface area contributed by atoms with Gasteiger partial charge in [0.1, 0.15) is 5.75 Å². The number of pyridine rings is 1. The molecule has 0 saturated heterocycles. The van der Waals surface area contributed by atoms with Gasteiger partial charge in [0.05, 0.1) is 12.6 Å². The van der Waals surface area contributed by atoms with Crippen molar-refractivity contribution in [2.24, 2.45) is 0 Å². The second kappa shape index (κ2) is 7.84. The summed E-state index contributed by atoms with van der Waals surface area (Å²) in [4.78, 5) is 23.4. The highest BCUT2D eigenvalue weighted by atomic mass is 19.4. The number of ether oxygens (including phenoxy) is 1. The van der Waals surface area contributed by atoms with Crippen LogP contribution in [0.5, 0.6) is 5.75 Å². The summed E-state index contributed by atoms with van der Waals surface area (Å²) in [5.41, 5.74) is -0.174. The Bertz CT molecular complexity index is 772. The number of carbonyl (C=O) groups excluding carboxylic acids is 1. The van der Waals surface area contributed by atoms with Gasteiger partial charge in [0.15, 0.2) is 0 Å². The molecule has 2 N–H and O–H groups in total. The van der Waals surface area contributed by atoms with E-state index in [2.05, 4.69) is 10.1 Å². The van der Waals surface area contributed by atoms with Gasteiger partial charge in [0.2, 0.25) is 0 Å². The number of hydrogen-bond donors (Lipinski definition) is 2. The van der Waals surface area contributed by atoms with Crippen molar-refractivity contribution in [3.05, 3.63) is 64.6 Å². The van der Waals surface area contributed by atoms with Crippen molar-refractivity contribution in [1.82, 2.24) is 9.88 Å². The Morgan fingerprint density at radius 2 is 1.88 bits per heavy atom. The van der Waals surface area contributed by atoms with Crippen LogP contribution in [0.4, 0.5) is 13.2 Å². The molecule has 0 aliphatic rings. The van der Waals surface area contributed by atoms with E-state index in [9.17, 15) is 27.9 Å². The molecule has 0 fully saturated rings. The van der Waals surface area contributed by atoms with Crippen LogP contribution in [-0.2, 0) is 6.54 Å². The first-order valence-corrected chi connectivity index (χ1v) is 7.22. The lowest BCUT2D eigenvalue weighted by atomic mass is 10.2. The van der Waals surface area contributed by atoms with Crippen molar-refractivity contribution < 1.29 is 27.8 Å². The quantitative estimate of drug-likeness (QED) is 0.823. The Balaban J connectivity index is 1.87. The van der Waals surface area contributed by atoms with E-state index in [0.717, 1.165) is 12.1 Å². The van der Waals surface area contributed by atoms with E-state index in [-0.39, 0.29) is 24.2 Å². The maximum atomic E-state index is 12.1. The molecule has 0 saturated carbocycles. The molecule has 1 atom stereocenters. The number of benzene rings is 1. The van der Waals surface area contributed by atoms with Gasteiger partial charge in [-0.05, 0) is 30.3 Å². The van der Waals surface area contributed by atoms with E-state index >= 15 is 0 Å². The van der Waals surface area contributed by atoms with E-state index in [1.54, 1.807) is 12.1 Å². The molecule has 6 nitrogen and oxygen atoms in total. The number of rotatable bonds is 6. The summed E-state index contributed by atoms with van der Waals surface area (Å²) in [5.74, 6) is -1.01. The van der Waals surface area contributed by atoms with E-state index in [0.29, 0.717) is 0 Å². The third kappa shape index (κ3) is 5.96. The lowest BCUT2D eigenvalue weighted by Crippen LogP contribution is -2.36. The van der Waals surface area contributed by atoms with E-state index in [1.807, 2.05) is 0 Å². The molecule has 0 radical (unpaired) electrons. The molecular formula is C16H15F3N2O4. The zero-order valence-corrected chi connectivity index (χ0v) is 12.9. The van der Waals surface area contributed by atoms with E-state index in [4.69, 9.17) is 0 Å². The van der Waals surface area contributed by atoms with Gasteiger partial charge in [-0.25, -0.2) is 0 Å². The number of alkyl halides is 3. The lowest BCUT2D eigenvalue weighted by molar-refractivity contribution is -0.274. The highest BCUT2D eigenvalue weighted by Crippen LogP contribution is 2.22. The fraction of sp³-hybridized carbons (Fsp3) is 0.250. The van der Waals surface area contributed by atoms with Crippen molar-refractivity contribution in [1.29, 1.82) is 0 Å². The molecule has 2 rings (SSSR count). The minimum absolute atomic E-state index is 0.00167. The van der Waals surface area contributed by atoms with Gasteiger partial charge >= 0.3 is 6.36 Å². The van der Waals surface area contributed by atoms with Crippen LogP contribution in [0, 0.1) is 0 Å². The van der Waals surface area contributed by atoms with Gasteiger partial charge < -0.3 is 19.7 Å². The first-order valence-electron chi connectivity index (χ1n) is 7.22.